The van der Waals surface area contributed by atoms with E-state index < -0.39 is 6.10 Å². The zero-order valence-electron chi connectivity index (χ0n) is 3.79. The smallest absolute Gasteiger partial charge is 0.124 e. The van der Waals surface area contributed by atoms with Crippen LogP contribution in [0.5, 0.6) is 0 Å². The van der Waals surface area contributed by atoms with Gasteiger partial charge in [0.2, 0.25) is 0 Å². The first kappa shape index (κ1) is 4.44. The molecule has 3 radical (unpaired) electrons. The van der Waals surface area contributed by atoms with Gasteiger partial charge in [-0.1, -0.05) is 6.08 Å². The van der Waals surface area contributed by atoms with Crippen molar-refractivity contribution in [2.45, 2.75) is 6.10 Å². The lowest BCUT2D eigenvalue weighted by molar-refractivity contribution is 0.222. The van der Waals surface area contributed by atoms with Crippen LogP contribution in [0.2, 0.25) is 0 Å². The minimum absolute atomic E-state index is 0.481. The molecule has 0 aliphatic carbocycles. The lowest BCUT2D eigenvalue weighted by atomic mass is 10.3. The summed E-state index contributed by atoms with van der Waals surface area (Å²) < 4.78 is 4.68. The molecule has 0 N–H and O–H groups in total. The molecule has 1 rings (SSSR count). The fourth-order valence-corrected chi connectivity index (χ4v) is 0.386. The molecule has 1 unspecified atom stereocenters. The fourth-order valence-electron chi connectivity index (χ4n) is 0.386. The molecular weight excluding hydrogens is 88.1 g/mol. The molecule has 0 fully saturated rings. The van der Waals surface area contributed by atoms with Gasteiger partial charge in [0.1, 0.15) is 6.10 Å². The summed E-state index contributed by atoms with van der Waals surface area (Å²) >= 11 is 0. The van der Waals surface area contributed by atoms with Crippen LogP contribution in [0, 0.1) is 6.92 Å². The first-order valence-electron chi connectivity index (χ1n) is 2.09. The summed E-state index contributed by atoms with van der Waals surface area (Å²) in [5.74, 6) is 0. The predicted molar refractivity (Wildman–Crippen MR) is 26.4 cm³/mol. The van der Waals surface area contributed by atoms with Crippen LogP contribution < -0.4 is 0 Å². The van der Waals surface area contributed by atoms with E-state index in [-0.39, 0.29) is 0 Å². The summed E-state index contributed by atoms with van der Waals surface area (Å²) in [7, 11) is 0. The Morgan fingerprint density at radius 3 is 2.57 bits per heavy atom. The van der Waals surface area contributed by atoms with Crippen molar-refractivity contribution in [1.29, 1.82) is 0 Å². The number of allylic oxidation sites excluding steroid dienone is 2. The Hall–Kier alpha value is -0.720. The van der Waals surface area contributed by atoms with Gasteiger partial charge < -0.3 is 4.74 Å². The molecule has 1 aliphatic heterocycles. The van der Waals surface area contributed by atoms with Gasteiger partial charge >= 0.3 is 0 Å². The number of hydrogen-bond donors (Lipinski definition) is 0. The SMILES string of the molecule is [C]C1C=CC=CO1. The normalized spacial score (nSPS) is 27.3. The van der Waals surface area contributed by atoms with Crippen LogP contribution in [-0.4, -0.2) is 6.10 Å². The van der Waals surface area contributed by atoms with Crippen LogP contribution in [0.4, 0.5) is 0 Å². The van der Waals surface area contributed by atoms with Crippen molar-refractivity contribution < 1.29 is 4.74 Å². The second-order valence-corrected chi connectivity index (χ2v) is 1.27. The molecule has 0 aromatic rings. The van der Waals surface area contributed by atoms with Crippen LogP contribution in [0.15, 0.2) is 24.5 Å². The maximum atomic E-state index is 6.91. The van der Waals surface area contributed by atoms with Crippen molar-refractivity contribution in [1.82, 2.24) is 0 Å². The Kier molecular flexibility index (Phi) is 1.16. The minimum atomic E-state index is -0.481. The summed E-state index contributed by atoms with van der Waals surface area (Å²) in [6.45, 7) is 6.91. The number of ether oxygens (including phenoxy) is 1. The van der Waals surface area contributed by atoms with E-state index in [0.29, 0.717) is 0 Å². The molecule has 1 atom stereocenters. The standard InChI is InChI=1S/C6H5O/c1-6-4-2-3-5-7-6/h2-6H. The highest BCUT2D eigenvalue weighted by atomic mass is 16.5. The van der Waals surface area contributed by atoms with Gasteiger partial charge in [0.25, 0.3) is 0 Å². The van der Waals surface area contributed by atoms with Gasteiger partial charge in [-0.2, -0.15) is 0 Å². The zero-order chi connectivity index (χ0) is 5.11. The zero-order valence-corrected chi connectivity index (χ0v) is 3.79. The summed E-state index contributed by atoms with van der Waals surface area (Å²) in [6.07, 6.45) is 6.24. The van der Waals surface area contributed by atoms with Gasteiger partial charge in [-0.15, -0.1) is 0 Å². The van der Waals surface area contributed by atoms with Crippen molar-refractivity contribution in [3.05, 3.63) is 31.4 Å². The Balaban J connectivity index is 2.49. The van der Waals surface area contributed by atoms with Crippen LogP contribution in [0.3, 0.4) is 0 Å². The van der Waals surface area contributed by atoms with E-state index in [1.807, 2.05) is 0 Å². The van der Waals surface area contributed by atoms with Crippen molar-refractivity contribution in [2.75, 3.05) is 0 Å². The third-order valence-electron chi connectivity index (χ3n) is 0.701. The van der Waals surface area contributed by atoms with Crippen molar-refractivity contribution in [3.63, 3.8) is 0 Å². The summed E-state index contributed by atoms with van der Waals surface area (Å²) in [5.41, 5.74) is 0. The fraction of sp³-hybridized carbons (Fsp3) is 0.167. The van der Waals surface area contributed by atoms with Gasteiger partial charge in [0.05, 0.1) is 6.26 Å². The monoisotopic (exact) mass is 93.0 g/mol. The summed E-state index contributed by atoms with van der Waals surface area (Å²) in [5, 5.41) is 0. The maximum Gasteiger partial charge on any atom is 0.124 e. The Labute approximate surface area is 43.3 Å². The van der Waals surface area contributed by atoms with E-state index in [0.717, 1.165) is 0 Å². The van der Waals surface area contributed by atoms with Gasteiger partial charge in [0.15, 0.2) is 0 Å². The third kappa shape index (κ3) is 1.07. The first-order chi connectivity index (χ1) is 3.39. The second kappa shape index (κ2) is 1.82. The predicted octanol–water partition coefficient (Wildman–Crippen LogP) is 1.04. The average molecular weight is 93.1 g/mol. The molecule has 1 aliphatic rings. The van der Waals surface area contributed by atoms with Gasteiger partial charge in [-0.05, 0) is 12.2 Å². The third-order valence-corrected chi connectivity index (χ3v) is 0.701. The van der Waals surface area contributed by atoms with Crippen molar-refractivity contribution in [3.8, 4) is 0 Å². The molecule has 0 saturated heterocycles. The number of rotatable bonds is 0. The van der Waals surface area contributed by atoms with Crippen LogP contribution in [-0.2, 0) is 4.74 Å². The van der Waals surface area contributed by atoms with E-state index in [1.165, 1.54) is 6.26 Å². The maximum absolute atomic E-state index is 6.91. The Bertz CT molecular complexity index is 103. The summed E-state index contributed by atoms with van der Waals surface area (Å²) in [6, 6.07) is 0. The van der Waals surface area contributed by atoms with E-state index in [9.17, 15) is 0 Å². The van der Waals surface area contributed by atoms with Gasteiger partial charge in [-0.25, -0.2) is 0 Å². The molecule has 1 heteroatoms. The lowest BCUT2D eigenvalue weighted by Crippen LogP contribution is -2.00. The quantitative estimate of drug-likeness (QED) is 0.435. The summed E-state index contributed by atoms with van der Waals surface area (Å²) in [4.78, 5) is 0. The van der Waals surface area contributed by atoms with E-state index in [1.54, 1.807) is 18.2 Å². The molecule has 7 heavy (non-hydrogen) atoms. The molecule has 0 aromatic heterocycles. The molecule has 35 valence electrons. The van der Waals surface area contributed by atoms with Crippen molar-refractivity contribution >= 4 is 0 Å². The van der Waals surface area contributed by atoms with Crippen molar-refractivity contribution in [2.24, 2.45) is 0 Å². The molecule has 1 nitrogen and oxygen atoms in total. The Morgan fingerprint density at radius 1 is 1.43 bits per heavy atom. The van der Waals surface area contributed by atoms with E-state index >= 15 is 0 Å². The number of hydrogen-bond acceptors (Lipinski definition) is 1. The highest BCUT2D eigenvalue weighted by molar-refractivity contribution is 5.07. The molecule has 0 bridgehead atoms. The highest BCUT2D eigenvalue weighted by Gasteiger charge is 1.93. The average Bonchev–Trinajstić information content (AvgIpc) is 1.69. The highest BCUT2D eigenvalue weighted by Crippen LogP contribution is 1.98. The Morgan fingerprint density at radius 2 is 2.29 bits per heavy atom. The molecule has 1 heterocycles. The van der Waals surface area contributed by atoms with E-state index in [4.69, 9.17) is 6.92 Å². The molecule has 0 saturated carbocycles. The largest absolute Gasteiger partial charge is 0.493 e. The topological polar surface area (TPSA) is 9.23 Å². The molecule has 0 aromatic carbocycles. The molecule has 0 spiro atoms. The van der Waals surface area contributed by atoms with Crippen LogP contribution in [0.25, 0.3) is 0 Å². The van der Waals surface area contributed by atoms with Crippen LogP contribution >= 0.6 is 0 Å². The second-order valence-electron chi connectivity index (χ2n) is 1.27. The first-order valence-corrected chi connectivity index (χ1v) is 2.09. The lowest BCUT2D eigenvalue weighted by Gasteiger charge is -2.06. The molecule has 0 amide bonds. The van der Waals surface area contributed by atoms with Crippen LogP contribution in [0.1, 0.15) is 0 Å². The van der Waals surface area contributed by atoms with E-state index in [2.05, 4.69) is 4.74 Å². The minimum Gasteiger partial charge on any atom is -0.493 e. The van der Waals surface area contributed by atoms with Gasteiger partial charge in [-0.3, -0.25) is 0 Å². The molecular formula is C6H5O. The van der Waals surface area contributed by atoms with Gasteiger partial charge in [0, 0.05) is 6.92 Å².